The van der Waals surface area contributed by atoms with Gasteiger partial charge in [0.1, 0.15) is 0 Å². The summed E-state index contributed by atoms with van der Waals surface area (Å²) in [6, 6.07) is 105. The molecule has 2 heteroatoms. The summed E-state index contributed by atoms with van der Waals surface area (Å²) in [5, 5.41) is 0. The van der Waals surface area contributed by atoms with Gasteiger partial charge in [-0.25, -0.2) is 0 Å². The van der Waals surface area contributed by atoms with Gasteiger partial charge in [-0.1, -0.05) is 200 Å². The molecule has 0 atom stereocenters. The second kappa shape index (κ2) is 19.2. The predicted octanol–water partition coefficient (Wildman–Crippen LogP) is 18.6. The van der Waals surface area contributed by atoms with Gasteiger partial charge in [-0.15, -0.1) is 0 Å². The number of hydrogen-bond acceptors (Lipinski definition) is 2. The quantitative estimate of drug-likeness (QED) is 0.121. The van der Waals surface area contributed by atoms with E-state index in [-0.39, 0.29) is 0 Å². The Kier molecular flexibility index (Phi) is 11.8. The van der Waals surface area contributed by atoms with E-state index in [1.807, 2.05) is 0 Å². The van der Waals surface area contributed by atoms with Gasteiger partial charge < -0.3 is 9.80 Å². The third kappa shape index (κ3) is 9.00. The molecule has 0 amide bonds. The molecule has 68 heavy (non-hydrogen) atoms. The van der Waals surface area contributed by atoms with Crippen LogP contribution in [-0.4, -0.2) is 0 Å². The molecule has 0 radical (unpaired) electrons. The molecular formula is C66H48N2. The molecule has 0 bridgehead atoms. The van der Waals surface area contributed by atoms with Gasteiger partial charge in [0.2, 0.25) is 0 Å². The van der Waals surface area contributed by atoms with E-state index >= 15 is 0 Å². The smallest absolute Gasteiger partial charge is 0.0462 e. The summed E-state index contributed by atoms with van der Waals surface area (Å²) in [6.07, 6.45) is 0. The maximum absolute atomic E-state index is 2.35. The third-order valence-corrected chi connectivity index (χ3v) is 12.7. The molecule has 0 aliphatic carbocycles. The van der Waals surface area contributed by atoms with Crippen LogP contribution in [0, 0.1) is 0 Å². The number of hydrogen-bond donors (Lipinski definition) is 0. The normalized spacial score (nSPS) is 10.9. The van der Waals surface area contributed by atoms with E-state index < -0.39 is 0 Å². The van der Waals surface area contributed by atoms with E-state index in [4.69, 9.17) is 0 Å². The van der Waals surface area contributed by atoms with Crippen molar-refractivity contribution in [2.24, 2.45) is 0 Å². The summed E-state index contributed by atoms with van der Waals surface area (Å²) < 4.78 is 0. The van der Waals surface area contributed by atoms with Gasteiger partial charge in [0.25, 0.3) is 0 Å². The minimum absolute atomic E-state index is 1.08. The van der Waals surface area contributed by atoms with Crippen LogP contribution in [0.5, 0.6) is 0 Å². The SMILES string of the molecule is c1ccc(-c2ccc(N(c3ccccc3)c3ccc(-c4ccc(N(c5ccc(-c6ccccc6)cc5)c5ccc(-c6cc(-c7ccccc7)cc(-c7ccccc7)c6)cc5)cc4)cc3)cc2)cc1. The largest absolute Gasteiger partial charge is 0.311 e. The molecule has 11 aromatic rings. The lowest BCUT2D eigenvalue weighted by Crippen LogP contribution is -2.10. The Morgan fingerprint density at radius 2 is 0.294 bits per heavy atom. The van der Waals surface area contributed by atoms with Gasteiger partial charge in [0, 0.05) is 34.1 Å². The highest BCUT2D eigenvalue weighted by Crippen LogP contribution is 2.41. The van der Waals surface area contributed by atoms with Crippen molar-refractivity contribution in [2.45, 2.75) is 0 Å². The van der Waals surface area contributed by atoms with E-state index in [1.165, 1.54) is 50.1 Å². The Morgan fingerprint density at radius 1 is 0.132 bits per heavy atom. The standard InChI is InChI=1S/C66H48N2/c1-6-16-49(17-7-1)53-26-36-62(37-27-53)67(61-24-14-5-15-25-61)63-40-30-55(31-41-63)56-32-42-65(43-33-56)68(64-38-28-54(29-39-64)50-18-8-2-9-19-50)66-44-34-57(35-45-66)60-47-58(51-20-10-3-11-21-51)46-59(48-60)52-22-12-4-13-23-52/h1-48H. The first-order valence-electron chi connectivity index (χ1n) is 23.2. The number of anilines is 6. The molecule has 0 spiro atoms. The molecule has 11 rings (SSSR count). The maximum atomic E-state index is 2.35. The zero-order valence-electron chi connectivity index (χ0n) is 37.6. The van der Waals surface area contributed by atoms with E-state index in [0.29, 0.717) is 0 Å². The second-order valence-corrected chi connectivity index (χ2v) is 17.0. The van der Waals surface area contributed by atoms with Crippen LogP contribution < -0.4 is 9.80 Å². The molecule has 322 valence electrons. The Balaban J connectivity index is 0.914. The molecule has 0 saturated heterocycles. The molecule has 0 fully saturated rings. The van der Waals surface area contributed by atoms with E-state index in [0.717, 1.165) is 50.8 Å². The number of benzene rings is 11. The van der Waals surface area contributed by atoms with Gasteiger partial charge in [-0.2, -0.15) is 0 Å². The summed E-state index contributed by atoms with van der Waals surface area (Å²) in [5.74, 6) is 0. The van der Waals surface area contributed by atoms with Crippen LogP contribution in [0.1, 0.15) is 0 Å². The molecular weight excluding hydrogens is 821 g/mol. The molecule has 11 aromatic carbocycles. The first-order chi connectivity index (χ1) is 33.7. The van der Waals surface area contributed by atoms with Crippen molar-refractivity contribution in [3.63, 3.8) is 0 Å². The molecule has 0 N–H and O–H groups in total. The Bertz CT molecular complexity index is 3300. The van der Waals surface area contributed by atoms with Crippen molar-refractivity contribution in [3.8, 4) is 66.8 Å². The lowest BCUT2D eigenvalue weighted by molar-refractivity contribution is 1.28. The van der Waals surface area contributed by atoms with Crippen molar-refractivity contribution in [2.75, 3.05) is 9.80 Å². The van der Waals surface area contributed by atoms with Crippen molar-refractivity contribution in [1.29, 1.82) is 0 Å². The Labute approximate surface area is 400 Å². The zero-order chi connectivity index (χ0) is 45.5. The first kappa shape index (κ1) is 41.7. The predicted molar refractivity (Wildman–Crippen MR) is 288 cm³/mol. The van der Waals surface area contributed by atoms with Crippen LogP contribution in [0.2, 0.25) is 0 Å². The topological polar surface area (TPSA) is 6.48 Å². The summed E-state index contributed by atoms with van der Waals surface area (Å²) >= 11 is 0. The van der Waals surface area contributed by atoms with E-state index in [2.05, 4.69) is 301 Å². The van der Waals surface area contributed by atoms with Gasteiger partial charge in [-0.3, -0.25) is 0 Å². The van der Waals surface area contributed by atoms with E-state index in [9.17, 15) is 0 Å². The molecule has 0 unspecified atom stereocenters. The van der Waals surface area contributed by atoms with Crippen LogP contribution in [0.25, 0.3) is 66.8 Å². The summed E-state index contributed by atoms with van der Waals surface area (Å²) in [5.41, 5.74) is 20.8. The van der Waals surface area contributed by atoms with Gasteiger partial charge >= 0.3 is 0 Å². The van der Waals surface area contributed by atoms with Crippen molar-refractivity contribution < 1.29 is 0 Å². The van der Waals surface area contributed by atoms with Gasteiger partial charge in [0.15, 0.2) is 0 Å². The summed E-state index contributed by atoms with van der Waals surface area (Å²) in [6.45, 7) is 0. The van der Waals surface area contributed by atoms with Gasteiger partial charge in [-0.05, 0) is 158 Å². The molecule has 2 nitrogen and oxygen atoms in total. The highest BCUT2D eigenvalue weighted by molar-refractivity contribution is 5.85. The maximum Gasteiger partial charge on any atom is 0.0462 e. The minimum atomic E-state index is 1.08. The fourth-order valence-corrected chi connectivity index (χ4v) is 9.14. The van der Waals surface area contributed by atoms with Gasteiger partial charge in [0.05, 0.1) is 0 Å². The molecule has 0 aromatic heterocycles. The zero-order valence-corrected chi connectivity index (χ0v) is 37.6. The Hall–Kier alpha value is -8.98. The summed E-state index contributed by atoms with van der Waals surface area (Å²) in [7, 11) is 0. The third-order valence-electron chi connectivity index (χ3n) is 12.7. The molecule has 0 heterocycles. The average Bonchev–Trinajstić information content (AvgIpc) is 3.43. The highest BCUT2D eigenvalue weighted by Gasteiger charge is 2.16. The Morgan fingerprint density at radius 3 is 0.529 bits per heavy atom. The monoisotopic (exact) mass is 868 g/mol. The van der Waals surface area contributed by atoms with Crippen molar-refractivity contribution >= 4 is 34.1 Å². The van der Waals surface area contributed by atoms with Crippen LogP contribution in [0.3, 0.4) is 0 Å². The molecule has 0 aliphatic heterocycles. The fraction of sp³-hybridized carbons (Fsp3) is 0. The second-order valence-electron chi connectivity index (χ2n) is 17.0. The first-order valence-corrected chi connectivity index (χ1v) is 23.2. The van der Waals surface area contributed by atoms with Crippen LogP contribution >= 0.6 is 0 Å². The van der Waals surface area contributed by atoms with Crippen LogP contribution in [0.4, 0.5) is 34.1 Å². The molecule has 0 saturated carbocycles. The highest BCUT2D eigenvalue weighted by atomic mass is 15.1. The lowest BCUT2D eigenvalue weighted by atomic mass is 9.93. The average molecular weight is 869 g/mol. The number of rotatable bonds is 12. The number of para-hydroxylation sites is 1. The van der Waals surface area contributed by atoms with Crippen molar-refractivity contribution in [1.82, 2.24) is 0 Å². The molecule has 0 aliphatic rings. The number of nitrogens with zero attached hydrogens (tertiary/aromatic N) is 2. The fourth-order valence-electron chi connectivity index (χ4n) is 9.14. The van der Waals surface area contributed by atoms with Crippen LogP contribution in [0.15, 0.2) is 291 Å². The minimum Gasteiger partial charge on any atom is -0.311 e. The lowest BCUT2D eigenvalue weighted by Gasteiger charge is -2.26. The van der Waals surface area contributed by atoms with Crippen LogP contribution in [-0.2, 0) is 0 Å². The van der Waals surface area contributed by atoms with E-state index in [1.54, 1.807) is 0 Å². The summed E-state index contributed by atoms with van der Waals surface area (Å²) in [4.78, 5) is 4.66. The van der Waals surface area contributed by atoms with Crippen molar-refractivity contribution in [3.05, 3.63) is 291 Å².